The highest BCUT2D eigenvalue weighted by molar-refractivity contribution is 6.36. The summed E-state index contributed by atoms with van der Waals surface area (Å²) in [6.07, 6.45) is 3.28. The van der Waals surface area contributed by atoms with Gasteiger partial charge in [-0.2, -0.15) is 15.2 Å². The predicted octanol–water partition coefficient (Wildman–Crippen LogP) is 5.66. The van der Waals surface area contributed by atoms with Gasteiger partial charge in [0.05, 0.1) is 41.3 Å². The highest BCUT2D eigenvalue weighted by Gasteiger charge is 2.50. The molecule has 3 aromatic rings. The molecule has 0 saturated carbocycles. The minimum absolute atomic E-state index is 0.140. The number of likely N-dealkylation sites (N-methyl/N-ethyl adjacent to an activating group) is 1. The molecule has 242 valence electrons. The number of aromatic nitrogens is 2. The Morgan fingerprint density at radius 3 is 2.65 bits per heavy atom. The van der Waals surface area contributed by atoms with E-state index in [1.165, 1.54) is 0 Å². The maximum Gasteiger partial charge on any atom is 0.410 e. The van der Waals surface area contributed by atoms with Crippen molar-refractivity contribution in [3.63, 3.8) is 0 Å². The van der Waals surface area contributed by atoms with Crippen LogP contribution in [0.5, 0.6) is 6.01 Å². The molecule has 0 spiro atoms. The Labute approximate surface area is 275 Å². The molecule has 4 aliphatic rings. The molecule has 3 fully saturated rings. The Hall–Kier alpha value is -3.81. The average molecular weight is 644 g/mol. The molecular weight excluding hydrogens is 602 g/mol. The zero-order chi connectivity index (χ0) is 32.2. The number of likely N-dealkylation sites (tertiary alicyclic amines) is 1. The topological polar surface area (TPSA) is 98.1 Å². The Morgan fingerprint density at radius 1 is 1.11 bits per heavy atom. The fourth-order valence-corrected chi connectivity index (χ4v) is 7.97. The lowest BCUT2D eigenvalue weighted by molar-refractivity contribution is 0.0113. The van der Waals surface area contributed by atoms with E-state index >= 15 is 0 Å². The van der Waals surface area contributed by atoms with E-state index in [1.807, 2.05) is 37.8 Å². The average Bonchev–Trinajstić information content (AvgIpc) is 3.54. The highest BCUT2D eigenvalue weighted by atomic mass is 35.5. The molecule has 4 atom stereocenters. The number of amides is 1. The van der Waals surface area contributed by atoms with E-state index in [2.05, 4.69) is 52.1 Å². The van der Waals surface area contributed by atoms with Crippen LogP contribution in [0.4, 0.5) is 16.3 Å². The van der Waals surface area contributed by atoms with Gasteiger partial charge in [0, 0.05) is 42.3 Å². The fraction of sp³-hybridized carbons (Fsp3) is 0.543. The lowest BCUT2D eigenvalue weighted by Crippen LogP contribution is -2.58. The SMILES string of the molecule is CN1CCC[C@H]1COc1nc2c(c(N3C[C@H]4CC(C#N)[C@@H](C3)N4C(=O)OC(C)(C)C)n1)CCN(c1cccc3cccc(Cl)c13)C2. The molecule has 0 aliphatic carbocycles. The molecule has 2 bridgehead atoms. The summed E-state index contributed by atoms with van der Waals surface area (Å²) in [5.41, 5.74) is 2.52. The standard InChI is InChI=1S/C35H42ClN7O3/c1-35(2,3)46-34(44)43-25-16-23(17-37)30(43)20-42(18-25)32-26-13-15-41(29-12-6-9-22-8-5-11-27(36)31(22)29)19-28(26)38-33(39-32)45-21-24-10-7-14-40(24)4/h5-6,8-9,11-12,23-25,30H,7,10,13-16,18-21H2,1-4H3/t23?,24-,25+,30+/m0/s1. The summed E-state index contributed by atoms with van der Waals surface area (Å²) in [7, 11) is 2.14. The normalized spacial score (nSPS) is 24.7. The molecule has 1 unspecified atom stereocenters. The number of hydrogen-bond acceptors (Lipinski definition) is 9. The molecule has 4 aliphatic heterocycles. The van der Waals surface area contributed by atoms with Gasteiger partial charge in [-0.1, -0.05) is 35.9 Å². The van der Waals surface area contributed by atoms with Crippen LogP contribution in [-0.2, 0) is 17.7 Å². The van der Waals surface area contributed by atoms with Crippen molar-refractivity contribution in [2.45, 2.75) is 76.7 Å². The second-order valence-electron chi connectivity index (χ2n) is 14.1. The van der Waals surface area contributed by atoms with E-state index < -0.39 is 5.60 Å². The zero-order valence-corrected chi connectivity index (χ0v) is 27.8. The number of ether oxygens (including phenoxy) is 2. The summed E-state index contributed by atoms with van der Waals surface area (Å²) in [6.45, 7) is 9.68. The maximum atomic E-state index is 13.3. The quantitative estimate of drug-likeness (QED) is 0.349. The van der Waals surface area contributed by atoms with Gasteiger partial charge in [-0.25, -0.2) is 4.79 Å². The minimum atomic E-state index is -0.610. The first kappa shape index (κ1) is 30.8. The third-order valence-corrected chi connectivity index (χ3v) is 10.2. The van der Waals surface area contributed by atoms with Crippen LogP contribution < -0.4 is 14.5 Å². The van der Waals surface area contributed by atoms with E-state index in [0.29, 0.717) is 44.7 Å². The molecule has 1 amide bonds. The second-order valence-corrected chi connectivity index (χ2v) is 14.5. The van der Waals surface area contributed by atoms with Gasteiger partial charge >= 0.3 is 12.1 Å². The monoisotopic (exact) mass is 643 g/mol. The Morgan fingerprint density at radius 2 is 1.91 bits per heavy atom. The molecular formula is C35H42ClN7O3. The van der Waals surface area contributed by atoms with Crippen LogP contribution in [-0.4, -0.2) is 89.4 Å². The van der Waals surface area contributed by atoms with Crippen LogP contribution in [0.2, 0.25) is 5.02 Å². The van der Waals surface area contributed by atoms with Crippen molar-refractivity contribution in [3.05, 3.63) is 52.7 Å². The fourth-order valence-electron chi connectivity index (χ4n) is 7.69. The number of nitriles is 1. The number of anilines is 2. The maximum absolute atomic E-state index is 13.3. The first-order valence-electron chi connectivity index (χ1n) is 16.4. The Bertz CT molecular complexity index is 1680. The van der Waals surface area contributed by atoms with Gasteiger partial charge in [0.1, 0.15) is 18.0 Å². The van der Waals surface area contributed by atoms with Crippen LogP contribution in [0.25, 0.3) is 10.8 Å². The van der Waals surface area contributed by atoms with E-state index in [-0.39, 0.29) is 24.1 Å². The molecule has 0 radical (unpaired) electrons. The van der Waals surface area contributed by atoms with Gasteiger partial charge in [0.2, 0.25) is 0 Å². The van der Waals surface area contributed by atoms with Crippen molar-refractivity contribution in [2.75, 3.05) is 49.6 Å². The van der Waals surface area contributed by atoms with Crippen molar-refractivity contribution in [3.8, 4) is 12.1 Å². The first-order valence-corrected chi connectivity index (χ1v) is 16.8. The second kappa shape index (κ2) is 12.1. The predicted molar refractivity (Wildman–Crippen MR) is 178 cm³/mol. The summed E-state index contributed by atoms with van der Waals surface area (Å²) in [5.74, 6) is 0.591. The molecule has 7 rings (SSSR count). The van der Waals surface area contributed by atoms with E-state index in [1.54, 1.807) is 0 Å². The molecule has 11 heteroatoms. The smallest absolute Gasteiger partial charge is 0.410 e. The van der Waals surface area contributed by atoms with Gasteiger partial charge in [0.25, 0.3) is 0 Å². The number of fused-ring (bicyclic) bond motifs is 4. The third kappa shape index (κ3) is 5.80. The molecule has 46 heavy (non-hydrogen) atoms. The molecule has 1 aromatic heterocycles. The molecule has 3 saturated heterocycles. The van der Waals surface area contributed by atoms with Gasteiger partial charge < -0.3 is 24.2 Å². The largest absolute Gasteiger partial charge is 0.462 e. The van der Waals surface area contributed by atoms with E-state index in [9.17, 15) is 10.1 Å². The summed E-state index contributed by atoms with van der Waals surface area (Å²) in [6, 6.07) is 15.1. The summed E-state index contributed by atoms with van der Waals surface area (Å²) < 4.78 is 12.1. The molecule has 0 N–H and O–H groups in total. The van der Waals surface area contributed by atoms with Crippen LogP contribution in [0.1, 0.15) is 51.3 Å². The van der Waals surface area contributed by atoms with Gasteiger partial charge in [-0.05, 0) is 77.6 Å². The number of halogens is 1. The van der Waals surface area contributed by atoms with Crippen molar-refractivity contribution < 1.29 is 14.3 Å². The van der Waals surface area contributed by atoms with Crippen LogP contribution in [0.15, 0.2) is 36.4 Å². The van der Waals surface area contributed by atoms with Crippen LogP contribution in [0, 0.1) is 17.2 Å². The van der Waals surface area contributed by atoms with Gasteiger partial charge in [-0.15, -0.1) is 0 Å². The number of piperazine rings is 1. The van der Waals surface area contributed by atoms with Crippen molar-refractivity contribution in [2.24, 2.45) is 5.92 Å². The third-order valence-electron chi connectivity index (χ3n) is 9.92. The number of carbonyl (C=O) groups is 1. The number of carbonyl (C=O) groups excluding carboxylic acids is 1. The van der Waals surface area contributed by atoms with Gasteiger partial charge in [0.15, 0.2) is 0 Å². The number of benzene rings is 2. The molecule has 2 aromatic carbocycles. The minimum Gasteiger partial charge on any atom is -0.462 e. The lowest BCUT2D eigenvalue weighted by atomic mass is 10.0. The highest BCUT2D eigenvalue weighted by Crippen LogP contribution is 2.41. The number of hydrogen-bond donors (Lipinski definition) is 0. The van der Waals surface area contributed by atoms with E-state index in [4.69, 9.17) is 31.0 Å². The Balaban J connectivity index is 1.22. The lowest BCUT2D eigenvalue weighted by Gasteiger charge is -2.43. The summed E-state index contributed by atoms with van der Waals surface area (Å²) >= 11 is 6.73. The first-order chi connectivity index (χ1) is 22.1. The van der Waals surface area contributed by atoms with Crippen molar-refractivity contribution in [1.29, 1.82) is 5.26 Å². The summed E-state index contributed by atoms with van der Waals surface area (Å²) in [4.78, 5) is 32.1. The number of nitrogens with zero attached hydrogens (tertiary/aromatic N) is 7. The van der Waals surface area contributed by atoms with Gasteiger partial charge in [-0.3, -0.25) is 4.90 Å². The molecule has 5 heterocycles. The van der Waals surface area contributed by atoms with Crippen molar-refractivity contribution in [1.82, 2.24) is 19.8 Å². The van der Waals surface area contributed by atoms with Crippen molar-refractivity contribution >= 4 is 40.0 Å². The molecule has 10 nitrogen and oxygen atoms in total. The van der Waals surface area contributed by atoms with E-state index in [0.717, 1.165) is 70.9 Å². The summed E-state index contributed by atoms with van der Waals surface area (Å²) in [5, 5.41) is 12.9. The van der Waals surface area contributed by atoms with Crippen LogP contribution >= 0.6 is 11.6 Å². The van der Waals surface area contributed by atoms with Crippen LogP contribution in [0.3, 0.4) is 0 Å². The number of rotatable bonds is 5. The zero-order valence-electron chi connectivity index (χ0n) is 27.1. The Kier molecular flexibility index (Phi) is 8.10.